The van der Waals surface area contributed by atoms with Crippen LogP contribution in [-0.2, 0) is 0 Å². The van der Waals surface area contributed by atoms with Crippen LogP contribution >= 0.6 is 16.7 Å². The zero-order chi connectivity index (χ0) is 17.3. The Bertz CT molecular complexity index is 301. The van der Waals surface area contributed by atoms with E-state index in [1.807, 2.05) is 0 Å². The standard InChI is InChI=1S/C16H38N4P2/c1-11-17(12-2)21-19(15(5,6)7)22(18(13-3)14-4)20(21)16(8,9)10/h11-14H2,1-10H3. The summed E-state index contributed by atoms with van der Waals surface area (Å²) in [7, 11) is -0.721. The normalized spacial score (nSPS) is 25.1. The van der Waals surface area contributed by atoms with Crippen LogP contribution in [0.1, 0.15) is 69.2 Å². The Balaban J connectivity index is 3.27. The van der Waals surface area contributed by atoms with E-state index in [-0.39, 0.29) is 27.8 Å². The summed E-state index contributed by atoms with van der Waals surface area (Å²) in [6, 6.07) is 0. The van der Waals surface area contributed by atoms with E-state index in [1.165, 1.54) is 0 Å². The Hall–Kier alpha value is 0.700. The fourth-order valence-corrected chi connectivity index (χ4v) is 10.2. The van der Waals surface area contributed by atoms with Gasteiger partial charge in [-0.2, -0.15) is 0 Å². The van der Waals surface area contributed by atoms with Gasteiger partial charge in [0.1, 0.15) is 16.7 Å². The van der Waals surface area contributed by atoms with Crippen LogP contribution in [0.5, 0.6) is 0 Å². The molecular weight excluding hydrogens is 310 g/mol. The predicted molar refractivity (Wildman–Crippen MR) is 103 cm³/mol. The van der Waals surface area contributed by atoms with E-state index < -0.39 is 0 Å². The molecule has 1 rings (SSSR count). The van der Waals surface area contributed by atoms with Gasteiger partial charge < -0.3 is 0 Å². The molecule has 0 aromatic carbocycles. The van der Waals surface area contributed by atoms with Crippen molar-refractivity contribution in [3.05, 3.63) is 0 Å². The van der Waals surface area contributed by atoms with E-state index in [1.54, 1.807) is 0 Å². The summed E-state index contributed by atoms with van der Waals surface area (Å²) in [4.78, 5) is 0. The molecule has 4 nitrogen and oxygen atoms in total. The fourth-order valence-electron chi connectivity index (χ4n) is 2.78. The highest BCUT2D eigenvalue weighted by Gasteiger charge is 2.59. The van der Waals surface area contributed by atoms with Gasteiger partial charge in [0.25, 0.3) is 0 Å². The minimum atomic E-state index is -0.360. The molecule has 0 unspecified atom stereocenters. The summed E-state index contributed by atoms with van der Waals surface area (Å²) in [6.07, 6.45) is 0. The van der Waals surface area contributed by atoms with E-state index >= 15 is 0 Å². The lowest BCUT2D eigenvalue weighted by molar-refractivity contribution is 0.227. The van der Waals surface area contributed by atoms with Crippen molar-refractivity contribution in [2.24, 2.45) is 0 Å². The van der Waals surface area contributed by atoms with Crippen LogP contribution in [0.4, 0.5) is 0 Å². The summed E-state index contributed by atoms with van der Waals surface area (Å²) in [6.45, 7) is 28.0. The van der Waals surface area contributed by atoms with Crippen molar-refractivity contribution in [2.75, 3.05) is 26.2 Å². The molecular formula is C16H38N4P2. The molecule has 0 saturated carbocycles. The Kier molecular flexibility index (Phi) is 7.28. The molecule has 132 valence electrons. The monoisotopic (exact) mass is 348 g/mol. The lowest BCUT2D eigenvalue weighted by Crippen LogP contribution is -2.59. The smallest absolute Gasteiger partial charge is 0.132 e. The largest absolute Gasteiger partial charge is 0.257 e. The Morgan fingerprint density at radius 3 is 0.955 bits per heavy atom. The second kappa shape index (κ2) is 7.72. The number of rotatable bonds is 6. The minimum Gasteiger partial charge on any atom is -0.257 e. The number of hydrogen-bond donors (Lipinski definition) is 0. The first-order valence-electron chi connectivity index (χ1n) is 8.74. The summed E-state index contributed by atoms with van der Waals surface area (Å²) in [5.41, 5.74) is 0.425. The minimum absolute atomic E-state index is 0.213. The summed E-state index contributed by atoms with van der Waals surface area (Å²) >= 11 is 0. The van der Waals surface area contributed by atoms with Gasteiger partial charge >= 0.3 is 0 Å². The van der Waals surface area contributed by atoms with Crippen LogP contribution in [0, 0.1) is 0 Å². The van der Waals surface area contributed by atoms with E-state index in [0.717, 1.165) is 26.2 Å². The van der Waals surface area contributed by atoms with Crippen LogP contribution in [0.25, 0.3) is 0 Å². The Labute approximate surface area is 142 Å². The molecule has 0 spiro atoms. The van der Waals surface area contributed by atoms with Crippen LogP contribution in [0.15, 0.2) is 0 Å². The van der Waals surface area contributed by atoms with E-state index in [4.69, 9.17) is 0 Å². The van der Waals surface area contributed by atoms with Gasteiger partial charge in [-0.15, -0.1) is 0 Å². The molecule has 0 bridgehead atoms. The molecule has 0 amide bonds. The molecule has 0 aromatic rings. The van der Waals surface area contributed by atoms with Gasteiger partial charge in [-0.1, -0.05) is 27.7 Å². The summed E-state index contributed by atoms with van der Waals surface area (Å²) in [5.74, 6) is 0. The van der Waals surface area contributed by atoms with Gasteiger partial charge in [-0.05, 0) is 41.5 Å². The average molecular weight is 348 g/mol. The van der Waals surface area contributed by atoms with Crippen molar-refractivity contribution < 1.29 is 0 Å². The van der Waals surface area contributed by atoms with Crippen molar-refractivity contribution in [1.29, 1.82) is 0 Å². The summed E-state index contributed by atoms with van der Waals surface area (Å²) in [5, 5.41) is 0. The molecule has 1 saturated heterocycles. The highest BCUT2D eigenvalue weighted by atomic mass is 31.3. The molecule has 6 heteroatoms. The van der Waals surface area contributed by atoms with Gasteiger partial charge in [-0.3, -0.25) is 9.34 Å². The van der Waals surface area contributed by atoms with Gasteiger partial charge in [0.05, 0.1) is 0 Å². The average Bonchev–Trinajstić information content (AvgIpc) is 2.34. The van der Waals surface area contributed by atoms with Crippen LogP contribution in [0.3, 0.4) is 0 Å². The van der Waals surface area contributed by atoms with E-state index in [9.17, 15) is 0 Å². The quantitative estimate of drug-likeness (QED) is 0.601. The van der Waals surface area contributed by atoms with Gasteiger partial charge in [0.15, 0.2) is 0 Å². The van der Waals surface area contributed by atoms with Gasteiger partial charge in [0.2, 0.25) is 0 Å². The molecule has 0 aliphatic carbocycles. The van der Waals surface area contributed by atoms with Gasteiger partial charge in [-0.25, -0.2) is 8.88 Å². The van der Waals surface area contributed by atoms with E-state index in [0.29, 0.717) is 0 Å². The molecule has 1 aliphatic heterocycles. The Morgan fingerprint density at radius 2 is 0.818 bits per heavy atom. The maximum Gasteiger partial charge on any atom is 0.132 e. The third-order valence-electron chi connectivity index (χ3n) is 3.84. The second-order valence-electron chi connectivity index (χ2n) is 7.73. The van der Waals surface area contributed by atoms with Crippen molar-refractivity contribution in [1.82, 2.24) is 18.2 Å². The third kappa shape index (κ3) is 4.02. The highest BCUT2D eigenvalue weighted by Crippen LogP contribution is 2.82. The SMILES string of the molecule is CCN(CC)P1N(C(C)(C)C)P(N(CC)CC)N1C(C)(C)C. The summed E-state index contributed by atoms with van der Waals surface area (Å²) < 4.78 is 11.0. The molecule has 0 radical (unpaired) electrons. The third-order valence-corrected chi connectivity index (χ3v) is 11.7. The van der Waals surface area contributed by atoms with Gasteiger partial charge in [0, 0.05) is 37.3 Å². The first-order chi connectivity index (χ1) is 10.0. The van der Waals surface area contributed by atoms with Crippen LogP contribution < -0.4 is 0 Å². The first-order valence-corrected chi connectivity index (χ1v) is 11.1. The van der Waals surface area contributed by atoms with Crippen LogP contribution in [-0.4, -0.2) is 55.5 Å². The zero-order valence-corrected chi connectivity index (χ0v) is 18.3. The maximum absolute atomic E-state index is 2.82. The van der Waals surface area contributed by atoms with Crippen molar-refractivity contribution in [3.8, 4) is 0 Å². The lowest BCUT2D eigenvalue weighted by atomic mass is 10.1. The molecule has 1 fully saturated rings. The Morgan fingerprint density at radius 1 is 0.591 bits per heavy atom. The molecule has 0 N–H and O–H groups in total. The van der Waals surface area contributed by atoms with Crippen molar-refractivity contribution in [2.45, 2.75) is 80.3 Å². The number of hydrogen-bond acceptors (Lipinski definition) is 4. The molecule has 22 heavy (non-hydrogen) atoms. The van der Waals surface area contributed by atoms with Crippen molar-refractivity contribution in [3.63, 3.8) is 0 Å². The molecule has 0 aromatic heterocycles. The van der Waals surface area contributed by atoms with Crippen molar-refractivity contribution >= 4 is 16.7 Å². The highest BCUT2D eigenvalue weighted by molar-refractivity contribution is 7.80. The molecule has 1 heterocycles. The first kappa shape index (κ1) is 20.7. The lowest BCUT2D eigenvalue weighted by Gasteiger charge is -2.68. The number of nitrogens with zero attached hydrogens (tertiary/aromatic N) is 4. The molecule has 0 atom stereocenters. The topological polar surface area (TPSA) is 13.0 Å². The zero-order valence-electron chi connectivity index (χ0n) is 16.5. The fraction of sp³-hybridized carbons (Fsp3) is 1.00. The molecule has 1 aliphatic rings. The maximum atomic E-state index is 2.82. The van der Waals surface area contributed by atoms with Crippen LogP contribution in [0.2, 0.25) is 0 Å². The second-order valence-corrected chi connectivity index (χ2v) is 12.2. The predicted octanol–water partition coefficient (Wildman–Crippen LogP) is 5.34. The van der Waals surface area contributed by atoms with E-state index in [2.05, 4.69) is 87.5 Å².